The van der Waals surface area contributed by atoms with Gasteiger partial charge in [0.15, 0.2) is 5.78 Å². The van der Waals surface area contributed by atoms with Gasteiger partial charge in [-0.3, -0.25) is 14.4 Å². The number of halogens is 1. The number of carbonyl (C=O) groups is 4. The Bertz CT molecular complexity index is 1160. The number of benzene rings is 2. The molecule has 0 saturated carbocycles. The Kier molecular flexibility index (Phi) is 5.64. The fourth-order valence-corrected chi connectivity index (χ4v) is 3.54. The third-order valence-electron chi connectivity index (χ3n) is 5.31. The Morgan fingerprint density at radius 1 is 1.00 bits per heavy atom. The molecule has 10 heteroatoms. The molecule has 2 atom stereocenters. The van der Waals surface area contributed by atoms with Crippen LogP contribution in [0, 0.1) is 5.92 Å². The Hall–Kier alpha value is -3.59. The van der Waals surface area contributed by atoms with Crippen LogP contribution in [-0.2, 0) is 4.79 Å². The van der Waals surface area contributed by atoms with E-state index in [9.17, 15) is 39.6 Å². The summed E-state index contributed by atoms with van der Waals surface area (Å²) < 4.78 is 0. The van der Waals surface area contributed by atoms with Gasteiger partial charge in [-0.25, -0.2) is 4.79 Å². The maximum atomic E-state index is 12.9. The summed E-state index contributed by atoms with van der Waals surface area (Å²) in [5.41, 5.74) is -1.84. The van der Waals surface area contributed by atoms with Crippen molar-refractivity contribution in [3.05, 3.63) is 51.0 Å². The van der Waals surface area contributed by atoms with E-state index in [-0.39, 0.29) is 16.7 Å². The first-order chi connectivity index (χ1) is 14.5. The lowest BCUT2D eigenvalue weighted by molar-refractivity contribution is -0.140. The van der Waals surface area contributed by atoms with E-state index >= 15 is 0 Å². The Balaban J connectivity index is 2.09. The maximum Gasteiger partial charge on any atom is 0.326 e. The van der Waals surface area contributed by atoms with Crippen LogP contribution in [0.5, 0.6) is 17.2 Å². The summed E-state index contributed by atoms with van der Waals surface area (Å²) in [5, 5.41) is 41.5. The summed E-state index contributed by atoms with van der Waals surface area (Å²) in [6, 6.07) is 1.68. The highest BCUT2D eigenvalue weighted by atomic mass is 35.5. The zero-order chi connectivity index (χ0) is 23.2. The number of fused-ring (bicyclic) bond motifs is 2. The molecule has 0 bridgehead atoms. The zero-order valence-electron chi connectivity index (χ0n) is 16.4. The average molecular weight is 448 g/mol. The number of ketones is 2. The van der Waals surface area contributed by atoms with Crippen molar-refractivity contribution in [3.8, 4) is 17.2 Å². The number of carboxylic acid groups (broad SMARTS) is 1. The average Bonchev–Trinajstić information content (AvgIpc) is 2.72. The van der Waals surface area contributed by atoms with E-state index in [1.165, 1.54) is 0 Å². The molecule has 1 aliphatic rings. The van der Waals surface area contributed by atoms with E-state index in [0.29, 0.717) is 6.42 Å². The van der Waals surface area contributed by atoms with Crippen molar-refractivity contribution in [1.29, 1.82) is 0 Å². The number of aromatic hydroxyl groups is 3. The molecule has 0 fully saturated rings. The van der Waals surface area contributed by atoms with Crippen molar-refractivity contribution in [2.24, 2.45) is 5.92 Å². The van der Waals surface area contributed by atoms with E-state index < -0.39 is 68.8 Å². The summed E-state index contributed by atoms with van der Waals surface area (Å²) >= 11 is 5.75. The summed E-state index contributed by atoms with van der Waals surface area (Å²) in [4.78, 5) is 49.9. The molecular formula is C21H18ClNO8. The van der Waals surface area contributed by atoms with Crippen LogP contribution < -0.4 is 5.32 Å². The van der Waals surface area contributed by atoms with E-state index in [1.54, 1.807) is 13.8 Å². The molecule has 0 saturated heterocycles. The lowest BCUT2D eigenvalue weighted by atomic mass is 9.82. The highest BCUT2D eigenvalue weighted by molar-refractivity contribution is 6.37. The second-order valence-electron chi connectivity index (χ2n) is 7.23. The Morgan fingerprint density at radius 3 is 2.19 bits per heavy atom. The van der Waals surface area contributed by atoms with Crippen molar-refractivity contribution >= 4 is 35.0 Å². The molecule has 0 spiro atoms. The van der Waals surface area contributed by atoms with Gasteiger partial charge in [0.2, 0.25) is 5.78 Å². The number of amides is 1. The van der Waals surface area contributed by atoms with Gasteiger partial charge in [-0.2, -0.15) is 0 Å². The number of nitrogens with one attached hydrogen (secondary N) is 1. The van der Waals surface area contributed by atoms with Gasteiger partial charge in [-0.15, -0.1) is 0 Å². The Morgan fingerprint density at radius 2 is 1.61 bits per heavy atom. The van der Waals surface area contributed by atoms with Gasteiger partial charge in [-0.1, -0.05) is 31.9 Å². The quantitative estimate of drug-likeness (QED) is 0.398. The first-order valence-electron chi connectivity index (χ1n) is 9.24. The van der Waals surface area contributed by atoms with Gasteiger partial charge < -0.3 is 25.7 Å². The van der Waals surface area contributed by atoms with Crippen LogP contribution in [0.4, 0.5) is 0 Å². The fourth-order valence-electron chi connectivity index (χ4n) is 3.39. The molecule has 2 unspecified atom stereocenters. The SMILES string of the molecule is CCC(C)C(NC(=O)c1cc(O)c2c(c1)C(=O)c1cc(O)c(Cl)c(O)c1C2=O)C(=O)O. The highest BCUT2D eigenvalue weighted by Crippen LogP contribution is 2.43. The lowest BCUT2D eigenvalue weighted by Crippen LogP contribution is -2.45. The topological polar surface area (TPSA) is 161 Å². The fraction of sp³-hybridized carbons (Fsp3) is 0.238. The van der Waals surface area contributed by atoms with Crippen molar-refractivity contribution in [2.45, 2.75) is 26.3 Å². The number of aliphatic carboxylic acids is 1. The molecule has 1 aliphatic carbocycles. The third-order valence-corrected chi connectivity index (χ3v) is 5.68. The number of carboxylic acids is 1. The number of hydrogen-bond acceptors (Lipinski definition) is 7. The van der Waals surface area contributed by atoms with Crippen LogP contribution >= 0.6 is 11.6 Å². The summed E-state index contributed by atoms with van der Waals surface area (Å²) in [6.07, 6.45) is 0.478. The highest BCUT2D eigenvalue weighted by Gasteiger charge is 2.37. The minimum atomic E-state index is -1.24. The predicted molar refractivity (Wildman–Crippen MR) is 108 cm³/mol. The van der Waals surface area contributed by atoms with Crippen LogP contribution in [0.15, 0.2) is 18.2 Å². The number of phenols is 3. The molecule has 0 heterocycles. The number of rotatable bonds is 5. The zero-order valence-corrected chi connectivity index (χ0v) is 17.1. The second-order valence-corrected chi connectivity index (χ2v) is 7.61. The third kappa shape index (κ3) is 3.57. The molecule has 162 valence electrons. The molecule has 2 aromatic carbocycles. The van der Waals surface area contributed by atoms with E-state index in [2.05, 4.69) is 5.32 Å². The maximum absolute atomic E-state index is 12.9. The van der Waals surface area contributed by atoms with Crippen LogP contribution in [-0.4, -0.2) is 49.9 Å². The number of carbonyl (C=O) groups excluding carboxylic acids is 3. The van der Waals surface area contributed by atoms with Gasteiger partial charge in [0.25, 0.3) is 5.91 Å². The summed E-state index contributed by atoms with van der Waals surface area (Å²) in [6.45, 7) is 3.41. The minimum Gasteiger partial charge on any atom is -0.507 e. The molecule has 9 nitrogen and oxygen atoms in total. The van der Waals surface area contributed by atoms with Crippen molar-refractivity contribution in [3.63, 3.8) is 0 Å². The molecule has 1 amide bonds. The monoisotopic (exact) mass is 447 g/mol. The number of phenolic OH excluding ortho intramolecular Hbond substituents is 3. The van der Waals surface area contributed by atoms with Crippen LogP contribution in [0.3, 0.4) is 0 Å². The first kappa shape index (κ1) is 22.1. The molecule has 5 N–H and O–H groups in total. The van der Waals surface area contributed by atoms with E-state index in [4.69, 9.17) is 11.6 Å². The van der Waals surface area contributed by atoms with Gasteiger partial charge in [0, 0.05) is 16.7 Å². The van der Waals surface area contributed by atoms with Gasteiger partial charge in [0.05, 0.1) is 11.1 Å². The van der Waals surface area contributed by atoms with Gasteiger partial charge in [-0.05, 0) is 24.1 Å². The largest absolute Gasteiger partial charge is 0.507 e. The summed E-state index contributed by atoms with van der Waals surface area (Å²) in [7, 11) is 0. The van der Waals surface area contributed by atoms with Crippen molar-refractivity contribution < 1.29 is 39.6 Å². The molecule has 3 rings (SSSR count). The predicted octanol–water partition coefficient (Wildman–Crippen LogP) is 2.46. The minimum absolute atomic E-state index is 0.238. The van der Waals surface area contributed by atoms with Crippen LogP contribution in [0.1, 0.15) is 62.5 Å². The van der Waals surface area contributed by atoms with Crippen molar-refractivity contribution in [2.75, 3.05) is 0 Å². The van der Waals surface area contributed by atoms with E-state index in [0.717, 1.165) is 18.2 Å². The normalized spacial score (nSPS) is 14.4. The van der Waals surface area contributed by atoms with E-state index in [1.807, 2.05) is 0 Å². The Labute approximate surface area is 180 Å². The standard InChI is InChI=1S/C21H18ClNO8/c1-3-7(2)16(21(30)31)23-20(29)8-4-9-13(11(24)5-8)18(27)14-10(17(9)26)6-12(25)15(22)19(14)28/h4-7,16,24-25,28H,3H2,1-2H3,(H,23,29)(H,30,31). The molecule has 2 aromatic rings. The van der Waals surface area contributed by atoms with Crippen LogP contribution in [0.25, 0.3) is 0 Å². The smallest absolute Gasteiger partial charge is 0.326 e. The van der Waals surface area contributed by atoms with Gasteiger partial charge in [0.1, 0.15) is 28.3 Å². The molecule has 0 aliphatic heterocycles. The van der Waals surface area contributed by atoms with Crippen molar-refractivity contribution in [1.82, 2.24) is 5.32 Å². The molecule has 0 radical (unpaired) electrons. The molecule has 31 heavy (non-hydrogen) atoms. The molecular weight excluding hydrogens is 430 g/mol. The number of hydrogen-bond donors (Lipinski definition) is 5. The summed E-state index contributed by atoms with van der Waals surface area (Å²) in [5.74, 6) is -6.39. The lowest BCUT2D eigenvalue weighted by Gasteiger charge is -2.22. The van der Waals surface area contributed by atoms with Crippen LogP contribution in [0.2, 0.25) is 5.02 Å². The first-order valence-corrected chi connectivity index (χ1v) is 9.61. The van der Waals surface area contributed by atoms with Gasteiger partial charge >= 0.3 is 5.97 Å². The molecule has 0 aromatic heterocycles. The second kappa shape index (κ2) is 7.92.